The molecule has 3 rings (SSSR count). The first kappa shape index (κ1) is 21.8. The summed E-state index contributed by atoms with van der Waals surface area (Å²) in [6, 6.07) is 8.25. The molecule has 160 valence electrons. The summed E-state index contributed by atoms with van der Waals surface area (Å²) >= 11 is 1.46. The smallest absolute Gasteiger partial charge is 0.408 e. The third-order valence-electron chi connectivity index (χ3n) is 4.92. The molecule has 0 saturated carbocycles. The topological polar surface area (TPSA) is 123 Å². The average molecular weight is 431 g/mol. The fourth-order valence-electron chi connectivity index (χ4n) is 3.25. The van der Waals surface area contributed by atoms with E-state index in [0.717, 1.165) is 30.5 Å². The van der Waals surface area contributed by atoms with E-state index in [2.05, 4.69) is 22.5 Å². The second-order valence-corrected chi connectivity index (χ2v) is 8.57. The maximum absolute atomic E-state index is 12.7. The Kier molecular flexibility index (Phi) is 7.40. The average Bonchev–Trinajstić information content (AvgIpc) is 3.11. The number of nitrogens with one attached hydrogen (secondary N) is 2. The van der Waals surface area contributed by atoms with Gasteiger partial charge < -0.3 is 21.1 Å². The number of benzene rings is 1. The van der Waals surface area contributed by atoms with Gasteiger partial charge in [0, 0.05) is 11.3 Å². The number of rotatable bonds is 8. The fraction of sp³-hybridized carbons (Fsp3) is 0.429. The van der Waals surface area contributed by atoms with Crippen molar-refractivity contribution in [3.63, 3.8) is 0 Å². The van der Waals surface area contributed by atoms with Gasteiger partial charge in [-0.25, -0.2) is 9.78 Å². The number of carbonyl (C=O) groups excluding carboxylic acids is 3. The molecule has 9 heteroatoms. The van der Waals surface area contributed by atoms with Crippen LogP contribution in [0.5, 0.6) is 0 Å². The number of fused-ring (bicyclic) bond motifs is 1. The van der Waals surface area contributed by atoms with E-state index in [9.17, 15) is 14.4 Å². The molecule has 1 aromatic heterocycles. The summed E-state index contributed by atoms with van der Waals surface area (Å²) in [6.07, 6.45) is 2.24. The first-order chi connectivity index (χ1) is 14.4. The van der Waals surface area contributed by atoms with Crippen LogP contribution in [0.4, 0.5) is 9.93 Å². The molecule has 1 aromatic carbocycles. The molecule has 1 heterocycles. The third-order valence-corrected chi connectivity index (χ3v) is 5.95. The van der Waals surface area contributed by atoms with Gasteiger partial charge in [0.15, 0.2) is 5.13 Å². The van der Waals surface area contributed by atoms with Crippen LogP contribution in [-0.2, 0) is 33.8 Å². The number of carbonyl (C=O) groups is 3. The molecule has 0 aliphatic heterocycles. The maximum Gasteiger partial charge on any atom is 0.408 e. The maximum atomic E-state index is 12.7. The molecule has 2 aromatic rings. The van der Waals surface area contributed by atoms with E-state index < -0.39 is 23.9 Å². The van der Waals surface area contributed by atoms with Gasteiger partial charge in [0.2, 0.25) is 11.8 Å². The monoisotopic (exact) mass is 430 g/mol. The second-order valence-electron chi connectivity index (χ2n) is 7.49. The Hall–Kier alpha value is -2.94. The Labute approximate surface area is 179 Å². The standard InChI is InChI=1S/C21H26N4O4S/c1-13-7-8-15-17(11-13)30-20(23-15)25-19(27)16(9-10-18(22)26)24-21(28)29-12-14-5-3-2-4-6-14/h2-6,13,16H,7-12H2,1H3,(H2,22,26)(H,24,28)(H,23,25,27). The van der Waals surface area contributed by atoms with Crippen molar-refractivity contribution in [1.82, 2.24) is 10.3 Å². The number of aryl methyl sites for hydroxylation is 1. The molecule has 3 amide bonds. The molecule has 8 nitrogen and oxygen atoms in total. The second kappa shape index (κ2) is 10.2. The van der Waals surface area contributed by atoms with Crippen molar-refractivity contribution in [2.45, 2.75) is 51.7 Å². The summed E-state index contributed by atoms with van der Waals surface area (Å²) in [7, 11) is 0. The van der Waals surface area contributed by atoms with Crippen molar-refractivity contribution in [1.29, 1.82) is 0 Å². The zero-order chi connectivity index (χ0) is 21.5. The number of hydrogen-bond donors (Lipinski definition) is 3. The van der Waals surface area contributed by atoms with E-state index in [1.807, 2.05) is 30.3 Å². The molecule has 30 heavy (non-hydrogen) atoms. The molecule has 0 spiro atoms. The largest absolute Gasteiger partial charge is 0.445 e. The highest BCUT2D eigenvalue weighted by Crippen LogP contribution is 2.32. The van der Waals surface area contributed by atoms with Crippen LogP contribution in [0, 0.1) is 5.92 Å². The summed E-state index contributed by atoms with van der Waals surface area (Å²) in [5.74, 6) is -0.399. The number of nitrogens with two attached hydrogens (primary N) is 1. The Morgan fingerprint density at radius 1 is 1.30 bits per heavy atom. The predicted octanol–water partition coefficient (Wildman–Crippen LogP) is 2.77. The van der Waals surface area contributed by atoms with Crippen LogP contribution < -0.4 is 16.4 Å². The number of alkyl carbamates (subject to hydrolysis) is 1. The van der Waals surface area contributed by atoms with Gasteiger partial charge in [0.25, 0.3) is 0 Å². The molecule has 0 bridgehead atoms. The molecular weight excluding hydrogens is 404 g/mol. The number of anilines is 1. The lowest BCUT2D eigenvalue weighted by Crippen LogP contribution is -2.44. The molecule has 0 fully saturated rings. The van der Waals surface area contributed by atoms with Crippen molar-refractivity contribution in [3.05, 3.63) is 46.5 Å². The van der Waals surface area contributed by atoms with Crippen LogP contribution in [0.2, 0.25) is 0 Å². The highest BCUT2D eigenvalue weighted by molar-refractivity contribution is 7.15. The van der Waals surface area contributed by atoms with Crippen LogP contribution >= 0.6 is 11.3 Å². The molecule has 2 unspecified atom stereocenters. The van der Waals surface area contributed by atoms with Crippen molar-refractivity contribution >= 4 is 34.4 Å². The van der Waals surface area contributed by atoms with Gasteiger partial charge >= 0.3 is 6.09 Å². The highest BCUT2D eigenvalue weighted by Gasteiger charge is 2.25. The number of primary amides is 1. The minimum atomic E-state index is -0.958. The van der Waals surface area contributed by atoms with Gasteiger partial charge in [-0.1, -0.05) is 37.3 Å². The zero-order valence-electron chi connectivity index (χ0n) is 16.8. The first-order valence-corrected chi connectivity index (χ1v) is 10.8. The molecule has 1 aliphatic rings. The highest BCUT2D eigenvalue weighted by atomic mass is 32.1. The first-order valence-electron chi connectivity index (χ1n) is 9.95. The van der Waals surface area contributed by atoms with Gasteiger partial charge in [0.05, 0.1) is 5.69 Å². The lowest BCUT2D eigenvalue weighted by atomic mass is 9.93. The Bertz CT molecular complexity index is 900. The van der Waals surface area contributed by atoms with Gasteiger partial charge in [-0.2, -0.15) is 0 Å². The lowest BCUT2D eigenvalue weighted by Gasteiger charge is -2.17. The van der Waals surface area contributed by atoms with Crippen LogP contribution in [0.25, 0.3) is 0 Å². The minimum Gasteiger partial charge on any atom is -0.445 e. The van der Waals surface area contributed by atoms with E-state index in [-0.39, 0.29) is 19.4 Å². The fourth-order valence-corrected chi connectivity index (χ4v) is 4.42. The molecule has 4 N–H and O–H groups in total. The van der Waals surface area contributed by atoms with Gasteiger partial charge in [-0.05, 0) is 37.2 Å². The summed E-state index contributed by atoms with van der Waals surface area (Å²) in [5.41, 5.74) is 7.07. The Morgan fingerprint density at radius 3 is 2.80 bits per heavy atom. The van der Waals surface area contributed by atoms with Crippen LogP contribution in [0.1, 0.15) is 42.3 Å². The third kappa shape index (κ3) is 6.28. The van der Waals surface area contributed by atoms with E-state index in [0.29, 0.717) is 11.0 Å². The van der Waals surface area contributed by atoms with E-state index in [4.69, 9.17) is 10.5 Å². The van der Waals surface area contributed by atoms with Crippen LogP contribution in [0.3, 0.4) is 0 Å². The lowest BCUT2D eigenvalue weighted by molar-refractivity contribution is -0.119. The van der Waals surface area contributed by atoms with Crippen LogP contribution in [0.15, 0.2) is 30.3 Å². The molecule has 2 atom stereocenters. The van der Waals surface area contributed by atoms with Crippen molar-refractivity contribution in [2.24, 2.45) is 11.7 Å². The molecule has 0 saturated heterocycles. The summed E-state index contributed by atoms with van der Waals surface area (Å²) in [4.78, 5) is 41.8. The number of hydrogen-bond acceptors (Lipinski definition) is 6. The number of nitrogens with zero attached hydrogens (tertiary/aromatic N) is 1. The van der Waals surface area contributed by atoms with Crippen molar-refractivity contribution < 1.29 is 19.1 Å². The van der Waals surface area contributed by atoms with Gasteiger partial charge in [0.1, 0.15) is 12.6 Å². The predicted molar refractivity (Wildman–Crippen MR) is 114 cm³/mol. The molecule has 1 aliphatic carbocycles. The SMILES string of the molecule is CC1CCc2nc(NC(=O)C(CCC(N)=O)NC(=O)OCc3ccccc3)sc2C1. The van der Waals surface area contributed by atoms with Crippen LogP contribution in [-0.4, -0.2) is 28.9 Å². The minimum absolute atomic E-state index is 0.0388. The Balaban J connectivity index is 1.59. The van der Waals surface area contributed by atoms with E-state index >= 15 is 0 Å². The van der Waals surface area contributed by atoms with Gasteiger partial charge in [-0.3, -0.25) is 9.59 Å². The zero-order valence-corrected chi connectivity index (χ0v) is 17.7. The van der Waals surface area contributed by atoms with E-state index in [1.54, 1.807) is 0 Å². The summed E-state index contributed by atoms with van der Waals surface area (Å²) in [6.45, 7) is 2.28. The summed E-state index contributed by atoms with van der Waals surface area (Å²) in [5, 5.41) is 5.79. The number of amides is 3. The number of ether oxygens (including phenoxy) is 1. The van der Waals surface area contributed by atoms with Gasteiger partial charge in [-0.15, -0.1) is 11.3 Å². The van der Waals surface area contributed by atoms with Crippen molar-refractivity contribution in [2.75, 3.05) is 5.32 Å². The normalized spacial score (nSPS) is 16.2. The summed E-state index contributed by atoms with van der Waals surface area (Å²) < 4.78 is 5.18. The molecule has 0 radical (unpaired) electrons. The molecular formula is C21H26N4O4S. The Morgan fingerprint density at radius 2 is 2.07 bits per heavy atom. The quantitative estimate of drug-likeness (QED) is 0.594. The number of thiazole rings is 1. The number of aromatic nitrogens is 1. The van der Waals surface area contributed by atoms with Crippen molar-refractivity contribution in [3.8, 4) is 0 Å². The van der Waals surface area contributed by atoms with E-state index in [1.165, 1.54) is 16.2 Å².